The van der Waals surface area contributed by atoms with Crippen molar-refractivity contribution in [3.63, 3.8) is 0 Å². The smallest absolute Gasteiger partial charge is 0.446 e. The highest BCUT2D eigenvalue weighted by Crippen LogP contribution is 2.36. The largest absolute Gasteiger partial charge is 0.490 e. The summed E-state index contributed by atoms with van der Waals surface area (Å²) < 4.78 is 43.0. The van der Waals surface area contributed by atoms with Gasteiger partial charge in [0.1, 0.15) is 5.75 Å². The van der Waals surface area contributed by atoms with Gasteiger partial charge >= 0.3 is 11.5 Å². The van der Waals surface area contributed by atoms with Crippen LogP contribution < -0.4 is 15.4 Å². The van der Waals surface area contributed by atoms with E-state index in [4.69, 9.17) is 9.84 Å². The molecule has 35 heavy (non-hydrogen) atoms. The van der Waals surface area contributed by atoms with Crippen LogP contribution in [0.2, 0.25) is 0 Å². The first kappa shape index (κ1) is 26.4. The molecule has 188 valence electrons. The second-order valence-electron chi connectivity index (χ2n) is 8.04. The summed E-state index contributed by atoms with van der Waals surface area (Å²) in [6, 6.07) is 11.7. The van der Waals surface area contributed by atoms with Crippen molar-refractivity contribution in [1.29, 1.82) is 0 Å². The quantitative estimate of drug-likeness (QED) is 0.340. The lowest BCUT2D eigenvalue weighted by molar-refractivity contribution is -0.143. The number of benzene rings is 2. The van der Waals surface area contributed by atoms with Crippen LogP contribution in [-0.4, -0.2) is 47.6 Å². The van der Waals surface area contributed by atoms with Crippen molar-refractivity contribution >= 4 is 29.5 Å². The Morgan fingerprint density at radius 1 is 0.857 bits per heavy atom. The van der Waals surface area contributed by atoms with E-state index in [1.165, 1.54) is 24.3 Å². The number of nitrogens with one attached hydrogen (secondary N) is 2. The van der Waals surface area contributed by atoms with E-state index in [0.717, 1.165) is 0 Å². The molecule has 0 radical (unpaired) electrons. The average Bonchev–Trinajstić information content (AvgIpc) is 2.82. The summed E-state index contributed by atoms with van der Waals surface area (Å²) in [5.74, 6) is -1.26. The van der Waals surface area contributed by atoms with Gasteiger partial charge in [-0.15, -0.1) is 0 Å². The molecule has 0 atom stereocenters. The van der Waals surface area contributed by atoms with E-state index in [0.29, 0.717) is 37.0 Å². The molecule has 3 N–H and O–H groups in total. The average molecular weight is 511 g/mol. The van der Waals surface area contributed by atoms with Crippen molar-refractivity contribution in [3.8, 4) is 5.75 Å². The molecule has 1 aliphatic carbocycles. The van der Waals surface area contributed by atoms with Crippen LogP contribution in [0, 0.1) is 5.92 Å². The molecule has 0 heterocycles. The van der Waals surface area contributed by atoms with Gasteiger partial charge in [-0.1, -0.05) is 0 Å². The summed E-state index contributed by atoms with van der Waals surface area (Å²) in [5.41, 5.74) is -3.76. The first-order valence-corrected chi connectivity index (χ1v) is 11.8. The van der Waals surface area contributed by atoms with Crippen molar-refractivity contribution in [2.75, 3.05) is 13.1 Å². The van der Waals surface area contributed by atoms with E-state index in [9.17, 15) is 27.6 Å². The lowest BCUT2D eigenvalue weighted by atomic mass is 9.87. The lowest BCUT2D eigenvalue weighted by Gasteiger charge is -2.26. The fraction of sp³-hybridized carbons (Fsp3) is 0.375. The molecule has 11 heteroatoms. The minimum atomic E-state index is -4.39. The molecule has 1 fully saturated rings. The number of carbonyl (C=O) groups is 3. The SMILES string of the molecule is O=C(NCCNC(=O)c1ccc(SC(F)(F)F)cc1)c1ccc(O[C@H]2CC[C@@H](C(=O)O)CC2)cc1. The van der Waals surface area contributed by atoms with Crippen LogP contribution in [0.25, 0.3) is 0 Å². The molecule has 0 aromatic heterocycles. The van der Waals surface area contributed by atoms with Crippen molar-refractivity contribution in [3.05, 3.63) is 59.7 Å². The Bertz CT molecular complexity index is 1020. The molecule has 2 amide bonds. The zero-order valence-electron chi connectivity index (χ0n) is 18.6. The number of thioether (sulfide) groups is 1. The fourth-order valence-corrected chi connectivity index (χ4v) is 4.21. The van der Waals surface area contributed by atoms with Crippen LogP contribution in [0.15, 0.2) is 53.4 Å². The van der Waals surface area contributed by atoms with Gasteiger partial charge in [-0.2, -0.15) is 13.2 Å². The minimum absolute atomic E-state index is 0.0108. The standard InChI is InChI=1S/C24H25F3N2O5S/c25-24(26,27)35-20-11-5-16(6-12-20)22(31)29-14-13-28-21(30)15-1-7-18(8-2-15)34-19-9-3-17(4-10-19)23(32)33/h1-2,5-8,11-12,17,19H,3-4,9-10,13-14H2,(H,28,30)(H,29,31)(H,32,33)/t17-,19+. The highest BCUT2D eigenvalue weighted by molar-refractivity contribution is 8.00. The molecule has 0 spiro atoms. The first-order chi connectivity index (χ1) is 16.6. The van der Waals surface area contributed by atoms with Crippen molar-refractivity contribution in [1.82, 2.24) is 10.6 Å². The number of hydrogen-bond donors (Lipinski definition) is 3. The van der Waals surface area contributed by atoms with Crippen LogP contribution in [0.1, 0.15) is 46.4 Å². The monoisotopic (exact) mass is 510 g/mol. The molecule has 0 saturated heterocycles. The molecule has 3 rings (SSSR count). The number of carbonyl (C=O) groups excluding carboxylic acids is 2. The lowest BCUT2D eigenvalue weighted by Crippen LogP contribution is -2.34. The van der Waals surface area contributed by atoms with Gasteiger partial charge in [0.05, 0.1) is 12.0 Å². The molecule has 7 nitrogen and oxygen atoms in total. The Morgan fingerprint density at radius 2 is 1.34 bits per heavy atom. The Labute approximate surface area is 204 Å². The summed E-state index contributed by atoms with van der Waals surface area (Å²) >= 11 is -0.252. The van der Waals surface area contributed by atoms with Gasteiger partial charge < -0.3 is 20.5 Å². The number of amides is 2. The van der Waals surface area contributed by atoms with E-state index in [2.05, 4.69) is 10.6 Å². The van der Waals surface area contributed by atoms with Gasteiger partial charge in [-0.25, -0.2) is 0 Å². The van der Waals surface area contributed by atoms with Gasteiger partial charge in [0, 0.05) is 29.1 Å². The van der Waals surface area contributed by atoms with Crippen LogP contribution in [-0.2, 0) is 4.79 Å². The van der Waals surface area contributed by atoms with E-state index in [-0.39, 0.29) is 53.2 Å². The third kappa shape index (κ3) is 8.50. The Hall–Kier alpha value is -3.21. The molecule has 1 aliphatic rings. The predicted octanol–water partition coefficient (Wildman–Crippen LogP) is 4.48. The fourth-order valence-electron chi connectivity index (χ4n) is 3.67. The number of carboxylic acids is 1. The minimum Gasteiger partial charge on any atom is -0.490 e. The summed E-state index contributed by atoms with van der Waals surface area (Å²) in [7, 11) is 0. The number of carboxylic acid groups (broad SMARTS) is 1. The Morgan fingerprint density at radius 3 is 1.80 bits per heavy atom. The van der Waals surface area contributed by atoms with Crippen LogP contribution in [0.5, 0.6) is 5.75 Å². The van der Waals surface area contributed by atoms with Gasteiger partial charge in [0.15, 0.2) is 0 Å². The number of aliphatic carboxylic acids is 1. The Balaban J connectivity index is 1.37. The maximum absolute atomic E-state index is 12.4. The number of halogens is 3. The normalized spacial score (nSPS) is 17.9. The topological polar surface area (TPSA) is 105 Å². The molecular formula is C24H25F3N2O5S. The van der Waals surface area contributed by atoms with E-state index in [1.807, 2.05) is 0 Å². The molecule has 0 aliphatic heterocycles. The zero-order chi connectivity index (χ0) is 25.4. The van der Waals surface area contributed by atoms with Crippen LogP contribution >= 0.6 is 11.8 Å². The van der Waals surface area contributed by atoms with Crippen LogP contribution in [0.4, 0.5) is 13.2 Å². The first-order valence-electron chi connectivity index (χ1n) is 11.0. The highest BCUT2D eigenvalue weighted by atomic mass is 32.2. The number of ether oxygens (including phenoxy) is 1. The maximum Gasteiger partial charge on any atom is 0.446 e. The molecule has 0 bridgehead atoms. The molecule has 0 unspecified atom stereocenters. The Kier molecular flexibility index (Phi) is 9.02. The van der Waals surface area contributed by atoms with Crippen molar-refractivity contribution in [2.24, 2.45) is 5.92 Å². The summed E-state index contributed by atoms with van der Waals surface area (Å²) in [6.07, 6.45) is 2.45. The van der Waals surface area contributed by atoms with E-state index >= 15 is 0 Å². The third-order valence-electron chi connectivity index (χ3n) is 5.49. The van der Waals surface area contributed by atoms with Gasteiger partial charge in [0.2, 0.25) is 0 Å². The third-order valence-corrected chi connectivity index (χ3v) is 6.23. The van der Waals surface area contributed by atoms with Crippen molar-refractivity contribution < 1.29 is 37.4 Å². The molecular weight excluding hydrogens is 485 g/mol. The van der Waals surface area contributed by atoms with Gasteiger partial charge in [-0.05, 0) is 86.0 Å². The highest BCUT2D eigenvalue weighted by Gasteiger charge is 2.29. The second-order valence-corrected chi connectivity index (χ2v) is 9.18. The number of hydrogen-bond acceptors (Lipinski definition) is 5. The van der Waals surface area contributed by atoms with Crippen molar-refractivity contribution in [2.45, 2.75) is 42.2 Å². The number of rotatable bonds is 9. The number of alkyl halides is 3. The summed E-state index contributed by atoms with van der Waals surface area (Å²) in [6.45, 7) is 0.307. The molecule has 1 saturated carbocycles. The molecule has 2 aromatic carbocycles. The molecule has 2 aromatic rings. The predicted molar refractivity (Wildman–Crippen MR) is 123 cm³/mol. The van der Waals surface area contributed by atoms with Gasteiger partial charge in [-0.3, -0.25) is 14.4 Å². The van der Waals surface area contributed by atoms with Gasteiger partial charge in [0.25, 0.3) is 11.8 Å². The van der Waals surface area contributed by atoms with E-state index in [1.54, 1.807) is 24.3 Å². The second kappa shape index (κ2) is 12.0. The summed E-state index contributed by atoms with van der Waals surface area (Å²) in [5, 5.41) is 14.3. The maximum atomic E-state index is 12.4. The zero-order valence-corrected chi connectivity index (χ0v) is 19.5. The van der Waals surface area contributed by atoms with Crippen LogP contribution in [0.3, 0.4) is 0 Å². The van der Waals surface area contributed by atoms with E-state index < -0.39 is 17.4 Å². The summed E-state index contributed by atoms with van der Waals surface area (Å²) in [4.78, 5) is 35.4.